The normalized spacial score (nSPS) is 16.6. The second-order valence-electron chi connectivity index (χ2n) is 6.19. The maximum atomic E-state index is 11.4. The average molecular weight is 373 g/mol. The molecule has 3 N–H and O–H groups in total. The largest absolute Gasteiger partial charge is 0.334 e. The number of hydrogen-bond acceptors (Lipinski definition) is 6. The molecule has 0 atom stereocenters. The van der Waals surface area contributed by atoms with E-state index in [2.05, 4.69) is 14.9 Å². The van der Waals surface area contributed by atoms with Gasteiger partial charge in [0.05, 0.1) is 17.5 Å². The topological polar surface area (TPSA) is 111 Å². The van der Waals surface area contributed by atoms with E-state index in [1.807, 2.05) is 13.0 Å². The molecule has 0 amide bonds. The van der Waals surface area contributed by atoms with E-state index in [0.29, 0.717) is 23.0 Å². The molecule has 1 fully saturated rings. The molecule has 9 heteroatoms. The van der Waals surface area contributed by atoms with E-state index in [1.165, 1.54) is 0 Å². The Labute approximate surface area is 147 Å². The molecule has 24 heavy (non-hydrogen) atoms. The van der Waals surface area contributed by atoms with E-state index < -0.39 is 15.6 Å². The van der Waals surface area contributed by atoms with Gasteiger partial charge in [-0.05, 0) is 37.5 Å². The van der Waals surface area contributed by atoms with Crippen molar-refractivity contribution in [1.29, 1.82) is 0 Å². The van der Waals surface area contributed by atoms with Crippen LogP contribution in [0.1, 0.15) is 37.1 Å². The smallest absolute Gasteiger partial charge is 0.258 e. The predicted octanol–water partition coefficient (Wildman–Crippen LogP) is 2.57. The van der Waals surface area contributed by atoms with Gasteiger partial charge in [-0.3, -0.25) is 4.72 Å². The van der Waals surface area contributed by atoms with Crippen molar-refractivity contribution >= 4 is 28.1 Å². The van der Waals surface area contributed by atoms with Crippen LogP contribution in [0.2, 0.25) is 0 Å². The van der Waals surface area contributed by atoms with E-state index in [9.17, 15) is 8.42 Å². The molecular weight excluding hydrogens is 352 g/mol. The van der Waals surface area contributed by atoms with E-state index in [-0.39, 0.29) is 12.4 Å². The van der Waals surface area contributed by atoms with Crippen molar-refractivity contribution in [2.24, 2.45) is 5.73 Å². The molecule has 1 aliphatic rings. The molecule has 1 heterocycles. The molecule has 3 rings (SSSR count). The van der Waals surface area contributed by atoms with Gasteiger partial charge in [0.2, 0.25) is 10.0 Å². The van der Waals surface area contributed by atoms with E-state index in [4.69, 9.17) is 10.3 Å². The molecule has 1 aromatic heterocycles. The Kier molecular flexibility index (Phi) is 5.22. The van der Waals surface area contributed by atoms with Gasteiger partial charge in [0.25, 0.3) is 5.89 Å². The molecular formula is C15H21ClN4O3S. The fourth-order valence-corrected chi connectivity index (χ4v) is 3.46. The SMILES string of the molecule is Cc1ccc(-c2nc(C3(N)CCCC3)no2)cc1NS(C)(=O)=O.Cl. The monoisotopic (exact) mass is 372 g/mol. The van der Waals surface area contributed by atoms with Crippen LogP contribution in [0.3, 0.4) is 0 Å². The van der Waals surface area contributed by atoms with Crippen molar-refractivity contribution in [2.45, 2.75) is 38.1 Å². The Bertz CT molecular complexity index is 829. The number of nitrogens with zero attached hydrogens (tertiary/aromatic N) is 2. The summed E-state index contributed by atoms with van der Waals surface area (Å²) in [5.41, 5.74) is 7.78. The van der Waals surface area contributed by atoms with Crippen molar-refractivity contribution in [3.05, 3.63) is 29.6 Å². The molecule has 1 aromatic carbocycles. The minimum atomic E-state index is -3.35. The summed E-state index contributed by atoms with van der Waals surface area (Å²) in [5.74, 6) is 0.858. The van der Waals surface area contributed by atoms with Crippen LogP contribution >= 0.6 is 12.4 Å². The zero-order valence-electron chi connectivity index (χ0n) is 13.6. The van der Waals surface area contributed by atoms with Crippen molar-refractivity contribution in [3.8, 4) is 11.5 Å². The van der Waals surface area contributed by atoms with E-state index in [0.717, 1.165) is 37.5 Å². The van der Waals surface area contributed by atoms with Gasteiger partial charge in [0, 0.05) is 5.56 Å². The van der Waals surface area contributed by atoms with E-state index >= 15 is 0 Å². The fraction of sp³-hybridized carbons (Fsp3) is 0.467. The third-order valence-electron chi connectivity index (χ3n) is 4.15. The number of nitrogens with one attached hydrogen (secondary N) is 1. The van der Waals surface area contributed by atoms with Gasteiger partial charge in [0.15, 0.2) is 5.82 Å². The Morgan fingerprint density at radius 2 is 1.96 bits per heavy atom. The lowest BCUT2D eigenvalue weighted by molar-refractivity contribution is 0.372. The Morgan fingerprint density at radius 1 is 1.29 bits per heavy atom. The first-order valence-corrected chi connectivity index (χ1v) is 9.38. The van der Waals surface area contributed by atoms with Gasteiger partial charge in [-0.2, -0.15) is 4.98 Å². The Balaban J connectivity index is 0.00000208. The molecule has 0 spiro atoms. The quantitative estimate of drug-likeness (QED) is 0.853. The van der Waals surface area contributed by atoms with Crippen LogP contribution in [0.5, 0.6) is 0 Å². The number of aryl methyl sites for hydroxylation is 1. The van der Waals surface area contributed by atoms with Gasteiger partial charge in [-0.25, -0.2) is 8.42 Å². The summed E-state index contributed by atoms with van der Waals surface area (Å²) in [6.45, 7) is 1.82. The Hall–Kier alpha value is -1.64. The lowest BCUT2D eigenvalue weighted by atomic mass is 9.98. The second-order valence-corrected chi connectivity index (χ2v) is 7.94. The molecule has 1 aliphatic carbocycles. The van der Waals surface area contributed by atoms with Gasteiger partial charge in [0.1, 0.15) is 0 Å². The van der Waals surface area contributed by atoms with Crippen molar-refractivity contribution in [3.63, 3.8) is 0 Å². The van der Waals surface area contributed by atoms with E-state index in [1.54, 1.807) is 12.1 Å². The third-order valence-corrected chi connectivity index (χ3v) is 4.74. The minimum absolute atomic E-state index is 0. The molecule has 0 aliphatic heterocycles. The first kappa shape index (κ1) is 18.7. The number of rotatable bonds is 4. The van der Waals surface area contributed by atoms with Crippen LogP contribution in [0, 0.1) is 6.92 Å². The third kappa shape index (κ3) is 3.88. The standard InChI is InChI=1S/C15H20N4O3S.ClH/c1-10-5-6-11(9-12(10)19-23(2,20)21)13-17-14(18-22-13)15(16)7-3-4-8-15;/h5-6,9,19H,3-4,7-8,16H2,1-2H3;1H. The molecule has 0 bridgehead atoms. The molecule has 0 unspecified atom stereocenters. The number of anilines is 1. The number of aromatic nitrogens is 2. The summed E-state index contributed by atoms with van der Waals surface area (Å²) >= 11 is 0. The summed E-state index contributed by atoms with van der Waals surface area (Å²) < 4.78 is 30.7. The molecule has 1 saturated carbocycles. The number of sulfonamides is 1. The number of halogens is 1. The molecule has 2 aromatic rings. The predicted molar refractivity (Wildman–Crippen MR) is 94.5 cm³/mol. The lowest BCUT2D eigenvalue weighted by Gasteiger charge is -2.17. The summed E-state index contributed by atoms with van der Waals surface area (Å²) in [7, 11) is -3.35. The highest BCUT2D eigenvalue weighted by molar-refractivity contribution is 7.92. The summed E-state index contributed by atoms with van der Waals surface area (Å²) in [5, 5.41) is 4.02. The van der Waals surface area contributed by atoms with Crippen LogP contribution in [0.15, 0.2) is 22.7 Å². The van der Waals surface area contributed by atoms with Gasteiger partial charge < -0.3 is 10.3 Å². The summed E-state index contributed by atoms with van der Waals surface area (Å²) in [4.78, 5) is 4.42. The maximum Gasteiger partial charge on any atom is 0.258 e. The highest BCUT2D eigenvalue weighted by atomic mass is 35.5. The van der Waals surface area contributed by atoms with Crippen LogP contribution < -0.4 is 10.5 Å². The average Bonchev–Trinajstić information content (AvgIpc) is 3.09. The number of hydrogen-bond donors (Lipinski definition) is 2. The van der Waals surface area contributed by atoms with Gasteiger partial charge >= 0.3 is 0 Å². The molecule has 132 valence electrons. The minimum Gasteiger partial charge on any atom is -0.334 e. The number of benzene rings is 1. The summed E-state index contributed by atoms with van der Waals surface area (Å²) in [6, 6.07) is 5.31. The van der Waals surface area contributed by atoms with Crippen LogP contribution in [-0.4, -0.2) is 24.8 Å². The van der Waals surface area contributed by atoms with Gasteiger partial charge in [-0.15, -0.1) is 12.4 Å². The highest BCUT2D eigenvalue weighted by Gasteiger charge is 2.36. The van der Waals surface area contributed by atoms with Gasteiger partial charge in [-0.1, -0.05) is 24.1 Å². The first-order valence-electron chi connectivity index (χ1n) is 7.49. The zero-order chi connectivity index (χ0) is 16.7. The second kappa shape index (κ2) is 6.70. The zero-order valence-corrected chi connectivity index (χ0v) is 15.2. The van der Waals surface area contributed by atoms with Crippen LogP contribution in [-0.2, 0) is 15.6 Å². The van der Waals surface area contributed by atoms with Crippen molar-refractivity contribution in [2.75, 3.05) is 11.0 Å². The van der Waals surface area contributed by atoms with Crippen molar-refractivity contribution in [1.82, 2.24) is 10.1 Å². The first-order chi connectivity index (χ1) is 10.8. The maximum absolute atomic E-state index is 11.4. The lowest BCUT2D eigenvalue weighted by Crippen LogP contribution is -2.34. The van der Waals surface area contributed by atoms with Crippen LogP contribution in [0.25, 0.3) is 11.5 Å². The molecule has 0 radical (unpaired) electrons. The summed E-state index contributed by atoms with van der Waals surface area (Å²) in [6.07, 6.45) is 4.93. The molecule has 0 saturated heterocycles. The van der Waals surface area contributed by atoms with Crippen molar-refractivity contribution < 1.29 is 12.9 Å². The molecule has 7 nitrogen and oxygen atoms in total. The van der Waals surface area contributed by atoms with Crippen LogP contribution in [0.4, 0.5) is 5.69 Å². The highest BCUT2D eigenvalue weighted by Crippen LogP contribution is 2.35. The Morgan fingerprint density at radius 3 is 2.58 bits per heavy atom. The fourth-order valence-electron chi connectivity index (χ4n) is 2.84. The number of nitrogens with two attached hydrogens (primary N) is 1.